The fraction of sp³-hybridized carbons (Fsp3) is 0. The third kappa shape index (κ3) is 2.42. The minimum absolute atomic E-state index is 0.0560. The van der Waals surface area contributed by atoms with Crippen LogP contribution in [-0.4, -0.2) is 12.2 Å². The molecule has 0 aromatic heterocycles. The van der Waals surface area contributed by atoms with Crippen molar-refractivity contribution >= 4 is 12.2 Å². The van der Waals surface area contributed by atoms with E-state index in [2.05, 4.69) is 10.2 Å². The minimum atomic E-state index is -0.0560. The maximum Gasteiger partial charge on any atom is 0.252 e. The van der Waals surface area contributed by atoms with E-state index < -0.39 is 0 Å². The highest BCUT2D eigenvalue weighted by atomic mass is 16.1. The largest absolute Gasteiger partial charge is 0.290 e. The molecule has 4 heteroatoms. The van der Waals surface area contributed by atoms with Gasteiger partial charge in [-0.1, -0.05) is 0 Å². The first-order valence-electron chi connectivity index (χ1n) is 3.27. The zero-order valence-corrected chi connectivity index (χ0v) is 6.18. The fourth-order valence-corrected chi connectivity index (χ4v) is 0.681. The molecule has 0 saturated heterocycles. The van der Waals surface area contributed by atoms with Crippen LogP contribution in [0.4, 0.5) is 0 Å². The lowest BCUT2D eigenvalue weighted by atomic mass is 10.1. The lowest BCUT2D eigenvalue weighted by Gasteiger charge is -1.94. The summed E-state index contributed by atoms with van der Waals surface area (Å²) in [7, 11) is 0. The number of allylic oxidation sites excluding steroid dienone is 5. The van der Waals surface area contributed by atoms with E-state index in [0.29, 0.717) is 6.41 Å². The number of hydrogen-bond acceptors (Lipinski definition) is 3. The Bertz CT molecular complexity index is 293. The van der Waals surface area contributed by atoms with Crippen molar-refractivity contribution in [2.75, 3.05) is 0 Å². The van der Waals surface area contributed by atoms with Gasteiger partial charge in [-0.2, -0.15) is 5.11 Å². The Morgan fingerprint density at radius 1 is 1.08 bits per heavy atom. The van der Waals surface area contributed by atoms with E-state index >= 15 is 0 Å². The van der Waals surface area contributed by atoms with Gasteiger partial charge in [-0.15, -0.1) is 5.11 Å². The normalized spacial score (nSPS) is 15.7. The van der Waals surface area contributed by atoms with Gasteiger partial charge < -0.3 is 0 Å². The molecule has 0 spiro atoms. The van der Waals surface area contributed by atoms with Crippen molar-refractivity contribution in [3.63, 3.8) is 0 Å². The summed E-state index contributed by atoms with van der Waals surface area (Å²) in [6, 6.07) is 0. The molecule has 0 fully saturated rings. The number of azo groups is 1. The van der Waals surface area contributed by atoms with Crippen molar-refractivity contribution in [2.24, 2.45) is 10.2 Å². The summed E-state index contributed by atoms with van der Waals surface area (Å²) < 4.78 is 0. The van der Waals surface area contributed by atoms with Crippen molar-refractivity contribution in [3.8, 4) is 0 Å². The third-order valence-electron chi connectivity index (χ3n) is 1.20. The second kappa shape index (κ2) is 4.12. The molecule has 1 rings (SSSR count). The Morgan fingerprint density at radius 2 is 1.75 bits per heavy atom. The molecule has 0 unspecified atom stereocenters. The summed E-state index contributed by atoms with van der Waals surface area (Å²) in [5.74, 6) is -0.0560. The first-order valence-corrected chi connectivity index (χ1v) is 3.27. The van der Waals surface area contributed by atoms with Gasteiger partial charge in [0.25, 0.3) is 6.41 Å². The molecule has 0 aliphatic heterocycles. The molecular weight excluding hydrogens is 156 g/mol. The summed E-state index contributed by atoms with van der Waals surface area (Å²) in [6.07, 6.45) is 7.79. The van der Waals surface area contributed by atoms with Crippen LogP contribution in [0.15, 0.2) is 46.3 Å². The lowest BCUT2D eigenvalue weighted by molar-refractivity contribution is -0.110. The number of amides is 1. The summed E-state index contributed by atoms with van der Waals surface area (Å²) in [4.78, 5) is 20.3. The van der Waals surface area contributed by atoms with Crippen LogP contribution in [0.2, 0.25) is 0 Å². The van der Waals surface area contributed by atoms with E-state index in [9.17, 15) is 9.59 Å². The maximum absolute atomic E-state index is 10.6. The van der Waals surface area contributed by atoms with Gasteiger partial charge in [0.1, 0.15) is 0 Å². The van der Waals surface area contributed by atoms with Crippen molar-refractivity contribution in [1.29, 1.82) is 0 Å². The highest BCUT2D eigenvalue weighted by molar-refractivity contribution is 6.01. The molecule has 0 atom stereocenters. The van der Waals surface area contributed by atoms with Gasteiger partial charge in [0, 0.05) is 0 Å². The molecule has 0 aromatic rings. The van der Waals surface area contributed by atoms with E-state index in [4.69, 9.17) is 0 Å². The fourth-order valence-electron chi connectivity index (χ4n) is 0.681. The summed E-state index contributed by atoms with van der Waals surface area (Å²) in [6.45, 7) is 0. The molecule has 4 nitrogen and oxygen atoms in total. The van der Waals surface area contributed by atoms with E-state index in [1.165, 1.54) is 18.4 Å². The molecule has 1 amide bonds. The quantitative estimate of drug-likeness (QED) is 0.452. The highest BCUT2D eigenvalue weighted by Gasteiger charge is 1.96. The number of carbonyl (C=O) groups excluding carboxylic acids is 2. The number of rotatable bonds is 2. The van der Waals surface area contributed by atoms with Gasteiger partial charge >= 0.3 is 0 Å². The van der Waals surface area contributed by atoms with Gasteiger partial charge in [0.05, 0.1) is 6.20 Å². The smallest absolute Gasteiger partial charge is 0.252 e. The molecule has 0 saturated carbocycles. The first-order chi connectivity index (χ1) is 5.83. The van der Waals surface area contributed by atoms with E-state index in [1.807, 2.05) is 0 Å². The molecule has 0 radical (unpaired) electrons. The number of ketones is 1. The third-order valence-corrected chi connectivity index (χ3v) is 1.20. The van der Waals surface area contributed by atoms with Gasteiger partial charge in [-0.25, -0.2) is 0 Å². The van der Waals surface area contributed by atoms with Crippen LogP contribution in [-0.2, 0) is 9.59 Å². The monoisotopic (exact) mass is 162 g/mol. The van der Waals surface area contributed by atoms with E-state index in [1.54, 1.807) is 12.2 Å². The standard InChI is InChI=1S/C8H6N2O2/c11-6-10-9-5-7-1-3-8(12)4-2-7/h1-6H. The predicted octanol–water partition coefficient (Wildman–Crippen LogP) is 1.17. The van der Waals surface area contributed by atoms with Gasteiger partial charge in [0.15, 0.2) is 5.78 Å². The summed E-state index contributed by atoms with van der Waals surface area (Å²) in [5, 5.41) is 6.52. The van der Waals surface area contributed by atoms with Crippen LogP contribution in [0, 0.1) is 0 Å². The SMILES string of the molecule is O=CN=NC=C1C=CC(=O)C=C1. The second-order valence-electron chi connectivity index (χ2n) is 2.03. The molecule has 0 N–H and O–H groups in total. The van der Waals surface area contributed by atoms with Crippen molar-refractivity contribution < 1.29 is 9.59 Å². The Morgan fingerprint density at radius 3 is 2.33 bits per heavy atom. The number of nitrogens with zero attached hydrogens (tertiary/aromatic N) is 2. The van der Waals surface area contributed by atoms with Crippen LogP contribution in [0.1, 0.15) is 0 Å². The summed E-state index contributed by atoms with van der Waals surface area (Å²) >= 11 is 0. The van der Waals surface area contributed by atoms with Crippen LogP contribution >= 0.6 is 0 Å². The highest BCUT2D eigenvalue weighted by Crippen LogP contribution is 2.05. The molecule has 0 aromatic carbocycles. The molecule has 12 heavy (non-hydrogen) atoms. The van der Waals surface area contributed by atoms with Crippen LogP contribution in [0.25, 0.3) is 0 Å². The molecule has 60 valence electrons. The molecule has 0 bridgehead atoms. The van der Waals surface area contributed by atoms with E-state index in [-0.39, 0.29) is 5.78 Å². The zero-order chi connectivity index (χ0) is 8.81. The average molecular weight is 162 g/mol. The topological polar surface area (TPSA) is 58.9 Å². The van der Waals surface area contributed by atoms with Crippen molar-refractivity contribution in [2.45, 2.75) is 0 Å². The molecule has 1 aliphatic carbocycles. The van der Waals surface area contributed by atoms with Gasteiger partial charge in [0.2, 0.25) is 0 Å². The lowest BCUT2D eigenvalue weighted by Crippen LogP contribution is -1.90. The first kappa shape index (κ1) is 8.26. The summed E-state index contributed by atoms with van der Waals surface area (Å²) in [5.41, 5.74) is 0.736. The van der Waals surface area contributed by atoms with Crippen molar-refractivity contribution in [3.05, 3.63) is 36.1 Å². The average Bonchev–Trinajstić information content (AvgIpc) is 2.09. The second-order valence-corrected chi connectivity index (χ2v) is 2.03. The minimum Gasteiger partial charge on any atom is -0.290 e. The molecule has 0 heterocycles. The van der Waals surface area contributed by atoms with Crippen molar-refractivity contribution in [1.82, 2.24) is 0 Å². The Kier molecular flexibility index (Phi) is 2.84. The maximum atomic E-state index is 10.6. The number of hydrogen-bond donors (Lipinski definition) is 0. The van der Waals surface area contributed by atoms with Crippen LogP contribution in [0.3, 0.4) is 0 Å². The van der Waals surface area contributed by atoms with Crippen LogP contribution in [0.5, 0.6) is 0 Å². The Hall–Kier alpha value is -1.84. The Balaban J connectivity index is 2.66. The van der Waals surface area contributed by atoms with Crippen LogP contribution < -0.4 is 0 Å². The van der Waals surface area contributed by atoms with Gasteiger partial charge in [-0.3, -0.25) is 9.59 Å². The zero-order valence-electron chi connectivity index (χ0n) is 6.18. The van der Waals surface area contributed by atoms with E-state index in [0.717, 1.165) is 5.57 Å². The Labute approximate surface area is 69.0 Å². The number of carbonyl (C=O) groups is 2. The van der Waals surface area contributed by atoms with Gasteiger partial charge in [-0.05, 0) is 29.9 Å². The molecule has 1 aliphatic rings. The molecular formula is C8H6N2O2. The predicted molar refractivity (Wildman–Crippen MR) is 42.3 cm³/mol.